The minimum absolute atomic E-state index is 0.0643. The first kappa shape index (κ1) is 19.8. The monoisotopic (exact) mass is 430 g/mol. The van der Waals surface area contributed by atoms with Gasteiger partial charge in [0.15, 0.2) is 0 Å². The van der Waals surface area contributed by atoms with Gasteiger partial charge in [-0.2, -0.15) is 5.10 Å². The molecule has 0 unspecified atom stereocenters. The van der Waals surface area contributed by atoms with Crippen LogP contribution in [-0.2, 0) is 18.9 Å². The van der Waals surface area contributed by atoms with E-state index in [2.05, 4.69) is 10.1 Å². The average Bonchev–Trinajstić information content (AvgIpc) is 3.19. The number of hydrogen-bond acceptors (Lipinski definition) is 3. The molecule has 2 aromatic carbocycles. The predicted octanol–water partition coefficient (Wildman–Crippen LogP) is 2.46. The molecular weight excluding hydrogens is 412 g/mol. The lowest BCUT2D eigenvalue weighted by molar-refractivity contribution is 0.0729. The molecule has 5 nitrogen and oxygen atoms in total. The number of benzene rings is 2. The number of nitrogens with zero attached hydrogens (tertiary/aromatic N) is 4. The SMILES string of the molecule is BC1(B)c2ncccc2C(=O)N1Cc1c(F)cc(-c2ccc3nn(C)cc3c2)cc1Cl. The van der Waals surface area contributed by atoms with Gasteiger partial charge in [-0.05, 0) is 47.5 Å². The Morgan fingerprint density at radius 1 is 1.16 bits per heavy atom. The van der Waals surface area contributed by atoms with Crippen LogP contribution in [0.3, 0.4) is 0 Å². The lowest BCUT2D eigenvalue weighted by Crippen LogP contribution is -2.44. The molecule has 31 heavy (non-hydrogen) atoms. The molecule has 9 heteroatoms. The maximum absolute atomic E-state index is 15.2. The lowest BCUT2D eigenvalue weighted by atomic mass is 9.59. The molecule has 1 aliphatic heterocycles. The number of carbonyl (C=O) groups excluding carboxylic acids is 1. The van der Waals surface area contributed by atoms with Crippen molar-refractivity contribution in [3.05, 3.63) is 82.5 Å². The maximum Gasteiger partial charge on any atom is 0.255 e. The number of hydrogen-bond donors (Lipinski definition) is 0. The Morgan fingerprint density at radius 2 is 1.97 bits per heavy atom. The van der Waals surface area contributed by atoms with Crippen molar-refractivity contribution in [1.82, 2.24) is 19.7 Å². The van der Waals surface area contributed by atoms with Crippen LogP contribution in [0.15, 0.2) is 54.9 Å². The van der Waals surface area contributed by atoms with Crippen LogP contribution in [0.1, 0.15) is 21.6 Å². The third kappa shape index (κ3) is 3.13. The van der Waals surface area contributed by atoms with Gasteiger partial charge in [0.1, 0.15) is 21.5 Å². The number of aryl methyl sites for hydroxylation is 1. The van der Waals surface area contributed by atoms with Crippen molar-refractivity contribution in [2.75, 3.05) is 0 Å². The molecule has 152 valence electrons. The highest BCUT2D eigenvalue weighted by molar-refractivity contribution is 6.42. The molecule has 1 aliphatic rings. The molecule has 4 aromatic rings. The van der Waals surface area contributed by atoms with Gasteiger partial charge in [0, 0.05) is 47.3 Å². The van der Waals surface area contributed by atoms with Crippen molar-refractivity contribution in [3.63, 3.8) is 0 Å². The van der Waals surface area contributed by atoms with Crippen molar-refractivity contribution in [2.45, 2.75) is 11.9 Å². The van der Waals surface area contributed by atoms with E-state index in [1.165, 1.54) is 6.07 Å². The molecule has 1 amide bonds. The third-order valence-electron chi connectivity index (χ3n) is 5.95. The number of pyridine rings is 1. The second-order valence-electron chi connectivity index (χ2n) is 8.34. The van der Waals surface area contributed by atoms with E-state index in [9.17, 15) is 4.79 Å². The summed E-state index contributed by atoms with van der Waals surface area (Å²) in [7, 11) is 5.68. The first-order valence-corrected chi connectivity index (χ1v) is 10.3. The van der Waals surface area contributed by atoms with Crippen LogP contribution in [0.25, 0.3) is 22.0 Å². The molecule has 0 saturated heterocycles. The number of carbonyl (C=O) groups is 1. The summed E-state index contributed by atoms with van der Waals surface area (Å²) in [5.41, 5.74) is 3.93. The van der Waals surface area contributed by atoms with Crippen molar-refractivity contribution >= 4 is 44.1 Å². The van der Waals surface area contributed by atoms with E-state index in [4.69, 9.17) is 11.6 Å². The number of amides is 1. The molecular formula is C22H18B2ClFN4O. The molecule has 0 aliphatic carbocycles. The van der Waals surface area contributed by atoms with Crippen LogP contribution in [0, 0.1) is 5.82 Å². The molecule has 0 bridgehead atoms. The molecule has 0 saturated carbocycles. The maximum atomic E-state index is 15.2. The molecule has 2 aromatic heterocycles. The summed E-state index contributed by atoms with van der Waals surface area (Å²) >= 11 is 6.53. The van der Waals surface area contributed by atoms with Crippen LogP contribution >= 0.6 is 11.6 Å². The first-order chi connectivity index (χ1) is 14.8. The smallest absolute Gasteiger partial charge is 0.255 e. The van der Waals surface area contributed by atoms with E-state index in [0.29, 0.717) is 22.4 Å². The zero-order valence-corrected chi connectivity index (χ0v) is 18.1. The summed E-state index contributed by atoms with van der Waals surface area (Å²) in [6.07, 6.45) is 3.58. The van der Waals surface area contributed by atoms with Gasteiger partial charge in [-0.1, -0.05) is 17.7 Å². The fraction of sp³-hybridized carbons (Fsp3) is 0.136. The molecule has 3 heterocycles. The molecule has 0 spiro atoms. The Bertz CT molecular complexity index is 1350. The summed E-state index contributed by atoms with van der Waals surface area (Å²) in [6, 6.07) is 12.5. The highest BCUT2D eigenvalue weighted by Crippen LogP contribution is 2.37. The highest BCUT2D eigenvalue weighted by atomic mass is 35.5. The van der Waals surface area contributed by atoms with Crippen LogP contribution in [0.5, 0.6) is 0 Å². The van der Waals surface area contributed by atoms with Crippen LogP contribution < -0.4 is 0 Å². The second-order valence-corrected chi connectivity index (χ2v) is 8.75. The molecule has 0 atom stereocenters. The van der Waals surface area contributed by atoms with Gasteiger partial charge in [0.2, 0.25) is 0 Å². The third-order valence-corrected chi connectivity index (χ3v) is 6.28. The Morgan fingerprint density at radius 3 is 2.71 bits per heavy atom. The van der Waals surface area contributed by atoms with Gasteiger partial charge in [-0.3, -0.25) is 14.5 Å². The van der Waals surface area contributed by atoms with Crippen LogP contribution in [0.4, 0.5) is 4.39 Å². The standard InChI is InChI=1S/C22H18B2ClFN4O/c1-29-10-14-7-12(4-5-19(14)28-29)13-8-17(25)16(18(26)9-13)11-30-21(31)15-3-2-6-27-20(15)22(30,23)24/h2-10H,11,23-24H2,1H3. The fourth-order valence-electron chi connectivity index (χ4n) is 4.27. The highest BCUT2D eigenvalue weighted by Gasteiger charge is 2.44. The Kier molecular flexibility index (Phi) is 4.45. The van der Waals surface area contributed by atoms with Crippen molar-refractivity contribution in [1.29, 1.82) is 0 Å². The second kappa shape index (κ2) is 6.95. The lowest BCUT2D eigenvalue weighted by Gasteiger charge is -2.32. The minimum atomic E-state index is -0.659. The zero-order chi connectivity index (χ0) is 21.9. The van der Waals surface area contributed by atoms with Gasteiger partial charge >= 0.3 is 0 Å². The van der Waals surface area contributed by atoms with E-state index >= 15 is 4.39 Å². The minimum Gasteiger partial charge on any atom is -0.339 e. The Balaban J connectivity index is 1.51. The van der Waals surface area contributed by atoms with Crippen molar-refractivity contribution < 1.29 is 9.18 Å². The number of fused-ring (bicyclic) bond motifs is 2. The Labute approximate surface area is 185 Å². The van der Waals surface area contributed by atoms with E-state index in [1.807, 2.05) is 47.1 Å². The predicted molar refractivity (Wildman–Crippen MR) is 124 cm³/mol. The van der Waals surface area contributed by atoms with Crippen LogP contribution in [0.2, 0.25) is 5.02 Å². The normalized spacial score (nSPS) is 14.9. The van der Waals surface area contributed by atoms with Gasteiger partial charge in [-0.25, -0.2) is 4.39 Å². The molecule has 0 fully saturated rings. The van der Waals surface area contributed by atoms with Crippen LogP contribution in [-0.4, -0.2) is 41.3 Å². The van der Waals surface area contributed by atoms with E-state index < -0.39 is 11.2 Å². The summed E-state index contributed by atoms with van der Waals surface area (Å²) in [5.74, 6) is -0.615. The number of halogens is 2. The zero-order valence-electron chi connectivity index (χ0n) is 17.4. The van der Waals surface area contributed by atoms with Gasteiger partial charge in [0.05, 0.1) is 16.8 Å². The van der Waals surface area contributed by atoms with Gasteiger partial charge < -0.3 is 4.90 Å². The summed E-state index contributed by atoms with van der Waals surface area (Å²) in [6.45, 7) is 0.0643. The Hall–Kier alpha value is -3.12. The van der Waals surface area contributed by atoms with Crippen molar-refractivity contribution in [2.24, 2.45) is 7.05 Å². The van der Waals surface area contributed by atoms with Gasteiger partial charge in [0.25, 0.3) is 5.91 Å². The number of rotatable bonds is 3. The van der Waals surface area contributed by atoms with Gasteiger partial charge in [-0.15, -0.1) is 0 Å². The van der Waals surface area contributed by atoms with E-state index in [1.54, 1.807) is 34.0 Å². The summed E-state index contributed by atoms with van der Waals surface area (Å²) in [4.78, 5) is 19.0. The largest absolute Gasteiger partial charge is 0.339 e. The molecule has 0 N–H and O–H groups in total. The first-order valence-electron chi connectivity index (χ1n) is 9.95. The number of aromatic nitrogens is 3. The topological polar surface area (TPSA) is 51.0 Å². The molecule has 0 radical (unpaired) electrons. The fourth-order valence-corrected chi connectivity index (χ4v) is 4.54. The van der Waals surface area contributed by atoms with Crippen molar-refractivity contribution in [3.8, 4) is 11.1 Å². The summed E-state index contributed by atoms with van der Waals surface area (Å²) < 4.78 is 17.0. The van der Waals surface area contributed by atoms with E-state index in [0.717, 1.165) is 16.5 Å². The summed E-state index contributed by atoms with van der Waals surface area (Å²) in [5, 5.41) is 4.96. The van der Waals surface area contributed by atoms with E-state index in [-0.39, 0.29) is 17.5 Å². The average molecular weight is 430 g/mol. The quantitative estimate of drug-likeness (QED) is 0.469. The molecule has 5 rings (SSSR count).